The molecule has 0 saturated carbocycles. The van der Waals surface area contributed by atoms with Crippen LogP contribution in [-0.2, 0) is 14.3 Å². The second-order valence-electron chi connectivity index (χ2n) is 7.25. The lowest BCUT2D eigenvalue weighted by Gasteiger charge is -2.37. The number of likely N-dealkylation sites (tertiary alicyclic amines) is 1. The van der Waals surface area contributed by atoms with Crippen molar-refractivity contribution < 1.29 is 19.1 Å². The van der Waals surface area contributed by atoms with Crippen molar-refractivity contribution >= 4 is 23.6 Å². The van der Waals surface area contributed by atoms with Gasteiger partial charge in [-0.3, -0.25) is 9.59 Å². The van der Waals surface area contributed by atoms with E-state index in [0.29, 0.717) is 39.1 Å². The van der Waals surface area contributed by atoms with E-state index in [1.165, 1.54) is 6.92 Å². The third-order valence-corrected chi connectivity index (χ3v) is 5.07. The first-order valence-electron chi connectivity index (χ1n) is 9.87. The van der Waals surface area contributed by atoms with Crippen molar-refractivity contribution in [2.75, 3.05) is 31.6 Å². The van der Waals surface area contributed by atoms with Gasteiger partial charge in [-0.05, 0) is 45.2 Å². The lowest BCUT2D eigenvalue weighted by molar-refractivity contribution is -0.132. The van der Waals surface area contributed by atoms with E-state index in [0.717, 1.165) is 16.8 Å². The fraction of sp³-hybridized carbons (Fsp3) is 0.571. The maximum absolute atomic E-state index is 12.4. The second-order valence-corrected chi connectivity index (χ2v) is 7.25. The van der Waals surface area contributed by atoms with Crippen LogP contribution in [0.3, 0.4) is 0 Å². The molecule has 1 aliphatic rings. The molecule has 1 aliphatic heterocycles. The smallest absolute Gasteiger partial charge is 0.409 e. The molecule has 0 spiro atoms. The number of aryl methyl sites for hydroxylation is 2. The number of nitrogens with one attached hydrogen (secondary N) is 1. The molecule has 7 heteroatoms. The molecule has 28 heavy (non-hydrogen) atoms. The van der Waals surface area contributed by atoms with E-state index >= 15 is 0 Å². The number of amides is 3. The first-order chi connectivity index (χ1) is 13.3. The van der Waals surface area contributed by atoms with Crippen LogP contribution < -0.4 is 5.32 Å². The number of benzene rings is 1. The summed E-state index contributed by atoms with van der Waals surface area (Å²) in [5.74, 6) is -0.156. The summed E-state index contributed by atoms with van der Waals surface area (Å²) in [4.78, 5) is 39.7. The molecule has 1 fully saturated rings. The average Bonchev–Trinajstić information content (AvgIpc) is 2.64. The number of hydrogen-bond donors (Lipinski definition) is 1. The van der Waals surface area contributed by atoms with E-state index in [4.69, 9.17) is 4.74 Å². The summed E-state index contributed by atoms with van der Waals surface area (Å²) in [6.07, 6.45) is 1.32. The summed E-state index contributed by atoms with van der Waals surface area (Å²) in [6, 6.07) is 5.92. The van der Waals surface area contributed by atoms with Gasteiger partial charge in [0.05, 0.1) is 6.61 Å². The van der Waals surface area contributed by atoms with Gasteiger partial charge in [0.25, 0.3) is 0 Å². The largest absolute Gasteiger partial charge is 0.450 e. The van der Waals surface area contributed by atoms with Crippen LogP contribution in [0, 0.1) is 13.8 Å². The molecule has 0 aromatic heterocycles. The Hall–Kier alpha value is -2.57. The Morgan fingerprint density at radius 1 is 1.21 bits per heavy atom. The highest BCUT2D eigenvalue weighted by molar-refractivity contribution is 5.91. The molecule has 0 unspecified atom stereocenters. The molecule has 154 valence electrons. The first-order valence-corrected chi connectivity index (χ1v) is 9.87. The molecule has 0 radical (unpaired) electrons. The fourth-order valence-electron chi connectivity index (χ4n) is 3.56. The Bertz CT molecular complexity index is 712. The van der Waals surface area contributed by atoms with E-state index in [2.05, 4.69) is 5.32 Å². The summed E-state index contributed by atoms with van der Waals surface area (Å²) >= 11 is 0. The normalized spacial score (nSPS) is 14.5. The standard InChI is InChI=1S/C21H31N3O4/c1-5-28-21(27)23-11-8-18(9-12-23)24(17(4)25)13-10-20(26)22-19-7-6-15(2)14-16(19)3/h6-7,14,18H,5,8-13H2,1-4H3,(H,22,26). The van der Waals surface area contributed by atoms with Crippen molar-refractivity contribution in [3.63, 3.8) is 0 Å². The number of anilines is 1. The minimum Gasteiger partial charge on any atom is -0.450 e. The monoisotopic (exact) mass is 389 g/mol. The zero-order valence-electron chi connectivity index (χ0n) is 17.3. The molecule has 2 rings (SSSR count). The van der Waals surface area contributed by atoms with Gasteiger partial charge in [0.1, 0.15) is 0 Å². The minimum absolute atomic E-state index is 0.0390. The minimum atomic E-state index is -0.303. The molecule has 3 amide bonds. The number of rotatable bonds is 6. The van der Waals surface area contributed by atoms with E-state index in [1.54, 1.807) is 16.7 Å². The summed E-state index contributed by atoms with van der Waals surface area (Å²) in [7, 11) is 0. The van der Waals surface area contributed by atoms with Crippen LogP contribution in [0.5, 0.6) is 0 Å². The number of nitrogens with zero attached hydrogens (tertiary/aromatic N) is 2. The van der Waals surface area contributed by atoms with Crippen molar-refractivity contribution in [3.8, 4) is 0 Å². The number of hydrogen-bond acceptors (Lipinski definition) is 4. The van der Waals surface area contributed by atoms with Crippen molar-refractivity contribution in [1.29, 1.82) is 0 Å². The predicted octanol–water partition coefficient (Wildman–Crippen LogP) is 3.10. The van der Waals surface area contributed by atoms with Gasteiger partial charge in [-0.15, -0.1) is 0 Å². The molecular formula is C21H31N3O4. The molecule has 0 aliphatic carbocycles. The highest BCUT2D eigenvalue weighted by atomic mass is 16.6. The Morgan fingerprint density at radius 2 is 1.89 bits per heavy atom. The van der Waals surface area contributed by atoms with E-state index in [9.17, 15) is 14.4 Å². The van der Waals surface area contributed by atoms with Crippen LogP contribution in [-0.4, -0.2) is 60.0 Å². The van der Waals surface area contributed by atoms with Crippen LogP contribution in [0.4, 0.5) is 10.5 Å². The third-order valence-electron chi connectivity index (χ3n) is 5.07. The number of carbonyl (C=O) groups excluding carboxylic acids is 3. The quantitative estimate of drug-likeness (QED) is 0.811. The van der Waals surface area contributed by atoms with Gasteiger partial charge >= 0.3 is 6.09 Å². The summed E-state index contributed by atoms with van der Waals surface area (Å²) in [5, 5.41) is 2.92. The van der Waals surface area contributed by atoms with E-state index in [1.807, 2.05) is 32.0 Å². The Labute approximate surface area is 167 Å². The molecule has 1 saturated heterocycles. The van der Waals surface area contributed by atoms with E-state index in [-0.39, 0.29) is 30.4 Å². The van der Waals surface area contributed by atoms with Gasteiger partial charge in [0.15, 0.2) is 0 Å². The van der Waals surface area contributed by atoms with Crippen LogP contribution in [0.2, 0.25) is 0 Å². The van der Waals surface area contributed by atoms with Crippen LogP contribution in [0.15, 0.2) is 18.2 Å². The lowest BCUT2D eigenvalue weighted by atomic mass is 10.0. The van der Waals surface area contributed by atoms with Gasteiger partial charge in [-0.25, -0.2) is 4.79 Å². The second kappa shape index (κ2) is 10.1. The highest BCUT2D eigenvalue weighted by Crippen LogP contribution is 2.19. The van der Waals surface area contributed by atoms with Crippen molar-refractivity contribution in [1.82, 2.24) is 9.80 Å². The Morgan fingerprint density at radius 3 is 2.46 bits per heavy atom. The number of piperidine rings is 1. The van der Waals surface area contributed by atoms with Gasteiger partial charge in [0, 0.05) is 44.7 Å². The summed E-state index contributed by atoms with van der Waals surface area (Å²) in [5.41, 5.74) is 2.96. The summed E-state index contributed by atoms with van der Waals surface area (Å²) < 4.78 is 5.03. The van der Waals surface area contributed by atoms with Gasteiger partial charge in [-0.2, -0.15) is 0 Å². The summed E-state index contributed by atoms with van der Waals surface area (Å²) in [6.45, 7) is 9.12. The molecule has 1 heterocycles. The Balaban J connectivity index is 1.87. The Kier molecular flexibility index (Phi) is 7.84. The lowest BCUT2D eigenvalue weighted by Crippen LogP contribution is -2.49. The topological polar surface area (TPSA) is 79.0 Å². The molecule has 7 nitrogen and oxygen atoms in total. The molecule has 1 aromatic rings. The zero-order valence-corrected chi connectivity index (χ0v) is 17.3. The van der Waals surface area contributed by atoms with Crippen molar-refractivity contribution in [3.05, 3.63) is 29.3 Å². The zero-order chi connectivity index (χ0) is 20.7. The predicted molar refractivity (Wildman–Crippen MR) is 108 cm³/mol. The maximum atomic E-state index is 12.4. The molecule has 1 aromatic carbocycles. The van der Waals surface area contributed by atoms with Crippen LogP contribution in [0.1, 0.15) is 44.2 Å². The SMILES string of the molecule is CCOC(=O)N1CCC(N(CCC(=O)Nc2ccc(C)cc2C)C(C)=O)CC1. The van der Waals surface area contributed by atoms with Gasteiger partial charge < -0.3 is 19.9 Å². The number of ether oxygens (including phenoxy) is 1. The van der Waals surface area contributed by atoms with Crippen LogP contribution in [0.25, 0.3) is 0 Å². The van der Waals surface area contributed by atoms with E-state index < -0.39 is 0 Å². The fourth-order valence-corrected chi connectivity index (χ4v) is 3.56. The molecular weight excluding hydrogens is 358 g/mol. The average molecular weight is 389 g/mol. The maximum Gasteiger partial charge on any atom is 0.409 e. The molecule has 0 bridgehead atoms. The molecule has 0 atom stereocenters. The number of carbonyl (C=O) groups is 3. The molecule has 1 N–H and O–H groups in total. The van der Waals surface area contributed by atoms with Gasteiger partial charge in [-0.1, -0.05) is 17.7 Å². The first kappa shape index (κ1) is 21.7. The van der Waals surface area contributed by atoms with Crippen molar-refractivity contribution in [2.24, 2.45) is 0 Å². The van der Waals surface area contributed by atoms with Crippen LogP contribution >= 0.6 is 0 Å². The van der Waals surface area contributed by atoms with Gasteiger partial charge in [0.2, 0.25) is 11.8 Å². The highest BCUT2D eigenvalue weighted by Gasteiger charge is 2.29. The third kappa shape index (κ3) is 5.97. The van der Waals surface area contributed by atoms with Crippen molar-refractivity contribution in [2.45, 2.75) is 53.0 Å².